The van der Waals surface area contributed by atoms with Gasteiger partial charge in [0.1, 0.15) is 5.82 Å². The summed E-state index contributed by atoms with van der Waals surface area (Å²) >= 11 is 0. The number of carbonyl (C=O) groups excluding carboxylic acids is 1. The van der Waals surface area contributed by atoms with Crippen LogP contribution in [0.3, 0.4) is 0 Å². The lowest BCUT2D eigenvalue weighted by molar-refractivity contribution is 0.1000. The van der Waals surface area contributed by atoms with E-state index in [-0.39, 0.29) is 6.04 Å². The lowest BCUT2D eigenvalue weighted by atomic mass is 9.90. The number of hydrogen-bond donors (Lipinski definition) is 2. The summed E-state index contributed by atoms with van der Waals surface area (Å²) in [6, 6.07) is 20.1. The van der Waals surface area contributed by atoms with E-state index in [1.54, 1.807) is 12.1 Å². The molecule has 1 atom stereocenters. The minimum Gasteiger partial charge on any atom is -0.366 e. The van der Waals surface area contributed by atoms with E-state index in [9.17, 15) is 4.79 Å². The fourth-order valence-electron chi connectivity index (χ4n) is 4.50. The second kappa shape index (κ2) is 8.32. The van der Waals surface area contributed by atoms with E-state index >= 15 is 0 Å². The molecule has 1 amide bonds. The Kier molecular flexibility index (Phi) is 5.22. The number of para-hydroxylation sites is 2. The van der Waals surface area contributed by atoms with E-state index in [2.05, 4.69) is 22.0 Å². The third-order valence-corrected chi connectivity index (χ3v) is 6.02. The number of H-pyrrole nitrogens is 1. The first kappa shape index (κ1) is 19.5. The molecule has 0 saturated heterocycles. The summed E-state index contributed by atoms with van der Waals surface area (Å²) in [5.74, 6) is 0.536. The van der Waals surface area contributed by atoms with Crippen LogP contribution in [-0.4, -0.2) is 25.8 Å². The Labute approximate surface area is 181 Å². The van der Waals surface area contributed by atoms with Gasteiger partial charge < -0.3 is 10.7 Å². The van der Waals surface area contributed by atoms with Crippen LogP contribution in [0.25, 0.3) is 11.0 Å². The Morgan fingerprint density at radius 3 is 2.71 bits per heavy atom. The lowest BCUT2D eigenvalue weighted by Gasteiger charge is -2.34. The van der Waals surface area contributed by atoms with E-state index in [4.69, 9.17) is 15.7 Å². The van der Waals surface area contributed by atoms with Gasteiger partial charge in [0.25, 0.3) is 0 Å². The number of primary amides is 1. The summed E-state index contributed by atoms with van der Waals surface area (Å²) in [6.07, 6.45) is 5.16. The number of nitrogens with zero attached hydrogens (tertiary/aromatic N) is 3. The predicted molar refractivity (Wildman–Crippen MR) is 120 cm³/mol. The van der Waals surface area contributed by atoms with Gasteiger partial charge in [-0.25, -0.2) is 4.98 Å². The zero-order valence-corrected chi connectivity index (χ0v) is 17.3. The average molecular weight is 412 g/mol. The van der Waals surface area contributed by atoms with Crippen LogP contribution in [0.2, 0.25) is 0 Å². The number of carbonyl (C=O) groups is 1. The molecule has 0 radical (unpaired) electrons. The SMILES string of the molecule is NC(=O)c1ccc(CN(Cc2nc3ccccc3[nH]2)C2CCCc3cccnc32)cc1. The molecule has 2 aromatic heterocycles. The number of pyridine rings is 1. The third kappa shape index (κ3) is 4.07. The van der Waals surface area contributed by atoms with Gasteiger partial charge in [0.15, 0.2) is 0 Å². The largest absolute Gasteiger partial charge is 0.366 e. The Hall–Kier alpha value is -3.51. The van der Waals surface area contributed by atoms with Gasteiger partial charge in [0.2, 0.25) is 5.91 Å². The number of benzene rings is 2. The first-order valence-electron chi connectivity index (χ1n) is 10.7. The molecule has 6 nitrogen and oxygen atoms in total. The highest BCUT2D eigenvalue weighted by atomic mass is 16.1. The average Bonchev–Trinajstić information content (AvgIpc) is 3.21. The van der Waals surface area contributed by atoms with Gasteiger partial charge in [-0.1, -0.05) is 30.3 Å². The van der Waals surface area contributed by atoms with Crippen molar-refractivity contribution in [1.82, 2.24) is 19.9 Å². The van der Waals surface area contributed by atoms with Crippen molar-refractivity contribution in [3.63, 3.8) is 0 Å². The first-order chi connectivity index (χ1) is 15.2. The first-order valence-corrected chi connectivity index (χ1v) is 10.7. The number of aryl methyl sites for hydroxylation is 1. The summed E-state index contributed by atoms with van der Waals surface area (Å²) in [5, 5.41) is 0. The smallest absolute Gasteiger partial charge is 0.248 e. The monoisotopic (exact) mass is 411 g/mol. The predicted octanol–water partition coefficient (Wildman–Crippen LogP) is 4.14. The summed E-state index contributed by atoms with van der Waals surface area (Å²) in [4.78, 5) is 26.9. The zero-order chi connectivity index (χ0) is 21.2. The molecule has 2 aromatic carbocycles. The number of aromatic amines is 1. The van der Waals surface area contributed by atoms with Gasteiger partial charge in [-0.15, -0.1) is 0 Å². The molecule has 1 aliphatic carbocycles. The molecular formula is C25H25N5O. The standard InChI is InChI=1S/C25H25N5O/c26-25(31)19-12-10-17(11-13-19)15-30(16-23-28-20-7-1-2-8-21(20)29-23)22-9-3-5-18-6-4-14-27-24(18)22/h1-2,4,6-8,10-14,22H,3,5,9,15-16H2,(H2,26,31)(H,28,29). The van der Waals surface area contributed by atoms with Crippen LogP contribution in [-0.2, 0) is 19.5 Å². The fraction of sp³-hybridized carbons (Fsp3) is 0.240. The number of aromatic nitrogens is 3. The van der Waals surface area contributed by atoms with Crippen molar-refractivity contribution in [3.8, 4) is 0 Å². The van der Waals surface area contributed by atoms with Crippen LogP contribution in [0, 0.1) is 0 Å². The molecule has 1 aliphatic rings. The summed E-state index contributed by atoms with van der Waals surface area (Å²) in [5.41, 5.74) is 11.6. The topological polar surface area (TPSA) is 87.9 Å². The molecule has 5 rings (SSSR count). The highest BCUT2D eigenvalue weighted by Crippen LogP contribution is 2.34. The highest BCUT2D eigenvalue weighted by molar-refractivity contribution is 5.92. The lowest BCUT2D eigenvalue weighted by Crippen LogP contribution is -2.31. The molecule has 4 aromatic rings. The van der Waals surface area contributed by atoms with Gasteiger partial charge in [-0.3, -0.25) is 14.7 Å². The van der Waals surface area contributed by atoms with Crippen molar-refractivity contribution < 1.29 is 4.79 Å². The van der Waals surface area contributed by atoms with Crippen molar-refractivity contribution in [2.75, 3.05) is 0 Å². The molecule has 3 N–H and O–H groups in total. The Morgan fingerprint density at radius 2 is 1.90 bits per heavy atom. The van der Waals surface area contributed by atoms with Gasteiger partial charge in [-0.2, -0.15) is 0 Å². The van der Waals surface area contributed by atoms with Crippen LogP contribution in [0.4, 0.5) is 0 Å². The summed E-state index contributed by atoms with van der Waals surface area (Å²) < 4.78 is 0. The maximum Gasteiger partial charge on any atom is 0.248 e. The summed E-state index contributed by atoms with van der Waals surface area (Å²) in [7, 11) is 0. The van der Waals surface area contributed by atoms with E-state index < -0.39 is 5.91 Å². The molecule has 0 saturated carbocycles. The zero-order valence-electron chi connectivity index (χ0n) is 17.3. The van der Waals surface area contributed by atoms with Crippen LogP contribution in [0.5, 0.6) is 0 Å². The molecule has 0 aliphatic heterocycles. The molecule has 0 fully saturated rings. The number of rotatable bonds is 6. The molecule has 31 heavy (non-hydrogen) atoms. The quantitative estimate of drug-likeness (QED) is 0.499. The molecule has 0 bridgehead atoms. The second-order valence-electron chi connectivity index (χ2n) is 8.12. The van der Waals surface area contributed by atoms with Crippen molar-refractivity contribution in [2.24, 2.45) is 5.73 Å². The van der Waals surface area contributed by atoms with Gasteiger partial charge in [0, 0.05) is 18.3 Å². The normalized spacial score (nSPS) is 15.8. The Bertz CT molecular complexity index is 1180. The number of hydrogen-bond acceptors (Lipinski definition) is 4. The Morgan fingerprint density at radius 1 is 1.06 bits per heavy atom. The molecule has 2 heterocycles. The number of amides is 1. The Balaban J connectivity index is 1.48. The van der Waals surface area contributed by atoms with Crippen molar-refractivity contribution in [3.05, 3.63) is 95.1 Å². The highest BCUT2D eigenvalue weighted by Gasteiger charge is 2.28. The van der Waals surface area contributed by atoms with Crippen LogP contribution in [0.15, 0.2) is 66.9 Å². The third-order valence-electron chi connectivity index (χ3n) is 6.02. The van der Waals surface area contributed by atoms with Gasteiger partial charge in [-0.05, 0) is 60.7 Å². The molecular weight excluding hydrogens is 386 g/mol. The van der Waals surface area contributed by atoms with Gasteiger partial charge >= 0.3 is 0 Å². The van der Waals surface area contributed by atoms with Crippen LogP contribution in [0.1, 0.15) is 51.9 Å². The molecule has 0 spiro atoms. The van der Waals surface area contributed by atoms with E-state index in [0.717, 1.165) is 48.2 Å². The number of nitrogens with two attached hydrogens (primary N) is 1. The fourth-order valence-corrected chi connectivity index (χ4v) is 4.50. The van der Waals surface area contributed by atoms with E-state index in [1.165, 1.54) is 11.3 Å². The minimum atomic E-state index is -0.406. The van der Waals surface area contributed by atoms with Gasteiger partial charge in [0.05, 0.1) is 29.3 Å². The van der Waals surface area contributed by atoms with Crippen LogP contribution >= 0.6 is 0 Å². The van der Waals surface area contributed by atoms with Crippen molar-refractivity contribution in [1.29, 1.82) is 0 Å². The maximum absolute atomic E-state index is 11.4. The molecule has 156 valence electrons. The number of nitrogens with one attached hydrogen (secondary N) is 1. The number of imidazole rings is 1. The summed E-state index contributed by atoms with van der Waals surface area (Å²) in [6.45, 7) is 1.42. The molecule has 1 unspecified atom stereocenters. The van der Waals surface area contributed by atoms with Crippen molar-refractivity contribution >= 4 is 16.9 Å². The minimum absolute atomic E-state index is 0.217. The maximum atomic E-state index is 11.4. The number of fused-ring (bicyclic) bond motifs is 2. The van der Waals surface area contributed by atoms with Crippen molar-refractivity contribution in [2.45, 2.75) is 38.4 Å². The molecule has 6 heteroatoms. The van der Waals surface area contributed by atoms with E-state index in [1.807, 2.05) is 42.6 Å². The second-order valence-corrected chi connectivity index (χ2v) is 8.12. The van der Waals surface area contributed by atoms with Crippen LogP contribution < -0.4 is 5.73 Å². The van der Waals surface area contributed by atoms with E-state index in [0.29, 0.717) is 12.1 Å².